The van der Waals surface area contributed by atoms with Crippen molar-refractivity contribution < 1.29 is 19.4 Å². The maximum absolute atomic E-state index is 11.0. The molecular formula is C13H14O4. The fraction of sp³-hybridized carbons (Fsp3) is 0.308. The van der Waals surface area contributed by atoms with E-state index in [9.17, 15) is 4.79 Å². The summed E-state index contributed by atoms with van der Waals surface area (Å²) in [5, 5.41) is 9.06. The minimum atomic E-state index is -1.01. The number of fused-ring (bicyclic) bond motifs is 1. The molecule has 1 aliphatic rings. The molecule has 0 unspecified atom stereocenters. The third kappa shape index (κ3) is 2.11. The first kappa shape index (κ1) is 11.5. The highest BCUT2D eigenvalue weighted by molar-refractivity contribution is 5.92. The summed E-state index contributed by atoms with van der Waals surface area (Å²) in [7, 11) is 1.44. The van der Waals surface area contributed by atoms with Crippen molar-refractivity contribution in [2.45, 2.75) is 19.4 Å². The van der Waals surface area contributed by atoms with Gasteiger partial charge >= 0.3 is 5.97 Å². The van der Waals surface area contributed by atoms with E-state index in [1.807, 2.05) is 26.0 Å². The Labute approximate surface area is 99.5 Å². The standard InChI is InChI=1S/C13H14O4/c1-13(2)5-4-8-6-9(12(14)15)11(16-3)7-10(8)17-13/h4-7H,1-3H3,(H,14,15). The van der Waals surface area contributed by atoms with E-state index >= 15 is 0 Å². The molecule has 2 rings (SSSR count). The van der Waals surface area contributed by atoms with E-state index in [4.69, 9.17) is 14.6 Å². The summed E-state index contributed by atoms with van der Waals surface area (Å²) < 4.78 is 10.8. The molecule has 0 saturated carbocycles. The number of methoxy groups -OCH3 is 1. The maximum Gasteiger partial charge on any atom is 0.339 e. The number of rotatable bonds is 2. The fourth-order valence-corrected chi connectivity index (χ4v) is 1.74. The van der Waals surface area contributed by atoms with Crippen molar-refractivity contribution in [1.82, 2.24) is 0 Å². The van der Waals surface area contributed by atoms with Crippen molar-refractivity contribution in [2.75, 3.05) is 7.11 Å². The molecule has 90 valence electrons. The average molecular weight is 234 g/mol. The van der Waals surface area contributed by atoms with Crippen LogP contribution in [0, 0.1) is 0 Å². The molecule has 0 spiro atoms. The highest BCUT2D eigenvalue weighted by Crippen LogP contribution is 2.35. The lowest BCUT2D eigenvalue weighted by Crippen LogP contribution is -2.27. The molecule has 1 heterocycles. The van der Waals surface area contributed by atoms with Crippen molar-refractivity contribution in [3.8, 4) is 11.5 Å². The summed E-state index contributed by atoms with van der Waals surface area (Å²) in [4.78, 5) is 11.0. The van der Waals surface area contributed by atoms with Gasteiger partial charge in [-0.2, -0.15) is 0 Å². The fourth-order valence-electron chi connectivity index (χ4n) is 1.74. The number of carboxylic acid groups (broad SMARTS) is 1. The lowest BCUT2D eigenvalue weighted by molar-refractivity contribution is 0.0693. The number of carbonyl (C=O) groups is 1. The summed E-state index contributed by atoms with van der Waals surface area (Å²) >= 11 is 0. The van der Waals surface area contributed by atoms with Crippen LogP contribution >= 0.6 is 0 Å². The quantitative estimate of drug-likeness (QED) is 0.854. The Bertz CT molecular complexity index is 500. The number of aromatic carboxylic acids is 1. The molecule has 4 nitrogen and oxygen atoms in total. The van der Waals surface area contributed by atoms with E-state index in [0.717, 1.165) is 5.56 Å². The highest BCUT2D eigenvalue weighted by atomic mass is 16.5. The van der Waals surface area contributed by atoms with Crippen molar-refractivity contribution in [1.29, 1.82) is 0 Å². The Morgan fingerprint density at radius 3 is 2.71 bits per heavy atom. The number of hydrogen-bond donors (Lipinski definition) is 1. The van der Waals surface area contributed by atoms with Crippen molar-refractivity contribution in [3.63, 3.8) is 0 Å². The first-order valence-electron chi connectivity index (χ1n) is 5.26. The Hall–Kier alpha value is -1.97. The lowest BCUT2D eigenvalue weighted by Gasteiger charge is -2.28. The van der Waals surface area contributed by atoms with E-state index in [1.54, 1.807) is 12.1 Å². The van der Waals surface area contributed by atoms with Crippen LogP contribution in [-0.2, 0) is 0 Å². The van der Waals surface area contributed by atoms with Gasteiger partial charge in [0.05, 0.1) is 7.11 Å². The van der Waals surface area contributed by atoms with Gasteiger partial charge in [-0.1, -0.05) is 6.08 Å². The zero-order valence-corrected chi connectivity index (χ0v) is 9.98. The Balaban J connectivity index is 2.55. The summed E-state index contributed by atoms with van der Waals surface area (Å²) in [6, 6.07) is 3.17. The SMILES string of the molecule is COc1cc2c(cc1C(=O)O)C=CC(C)(C)O2. The minimum Gasteiger partial charge on any atom is -0.496 e. The lowest BCUT2D eigenvalue weighted by atomic mass is 10.0. The molecule has 1 aromatic carbocycles. The van der Waals surface area contributed by atoms with E-state index in [2.05, 4.69) is 0 Å². The molecule has 0 radical (unpaired) electrons. The van der Waals surface area contributed by atoms with Crippen LogP contribution in [0.25, 0.3) is 6.08 Å². The van der Waals surface area contributed by atoms with Gasteiger partial charge in [0.1, 0.15) is 22.7 Å². The van der Waals surface area contributed by atoms with Gasteiger partial charge in [0.15, 0.2) is 0 Å². The van der Waals surface area contributed by atoms with Crippen LogP contribution in [0.3, 0.4) is 0 Å². The van der Waals surface area contributed by atoms with Gasteiger partial charge in [-0.25, -0.2) is 4.79 Å². The van der Waals surface area contributed by atoms with Gasteiger partial charge in [-0.15, -0.1) is 0 Å². The van der Waals surface area contributed by atoms with Crippen LogP contribution in [-0.4, -0.2) is 23.8 Å². The molecule has 4 heteroatoms. The second-order valence-corrected chi connectivity index (χ2v) is 4.43. The van der Waals surface area contributed by atoms with Gasteiger partial charge in [0.2, 0.25) is 0 Å². The summed E-state index contributed by atoms with van der Waals surface area (Å²) in [5.74, 6) is -0.0652. The van der Waals surface area contributed by atoms with Gasteiger partial charge in [-0.05, 0) is 26.0 Å². The second kappa shape index (κ2) is 3.80. The van der Waals surface area contributed by atoms with Crippen molar-refractivity contribution in [3.05, 3.63) is 29.3 Å². The summed E-state index contributed by atoms with van der Waals surface area (Å²) in [6.45, 7) is 3.87. The predicted octanol–water partition coefficient (Wildman–Crippen LogP) is 2.58. The van der Waals surface area contributed by atoms with Crippen LogP contribution < -0.4 is 9.47 Å². The number of carboxylic acids is 1. The van der Waals surface area contributed by atoms with Gasteiger partial charge in [0, 0.05) is 11.6 Å². The first-order chi connectivity index (χ1) is 7.93. The largest absolute Gasteiger partial charge is 0.496 e. The number of benzene rings is 1. The number of ether oxygens (including phenoxy) is 2. The highest BCUT2D eigenvalue weighted by Gasteiger charge is 2.24. The first-order valence-corrected chi connectivity index (χ1v) is 5.26. The minimum absolute atomic E-state index is 0.138. The average Bonchev–Trinajstić information content (AvgIpc) is 2.25. The van der Waals surface area contributed by atoms with E-state index in [0.29, 0.717) is 11.5 Å². The Kier molecular flexibility index (Phi) is 2.58. The molecule has 0 fully saturated rings. The molecule has 0 bridgehead atoms. The van der Waals surface area contributed by atoms with Crippen LogP contribution in [0.4, 0.5) is 0 Å². The zero-order valence-electron chi connectivity index (χ0n) is 9.98. The molecule has 0 amide bonds. The van der Waals surface area contributed by atoms with E-state index in [1.165, 1.54) is 7.11 Å². The smallest absolute Gasteiger partial charge is 0.339 e. The Morgan fingerprint density at radius 1 is 1.41 bits per heavy atom. The third-order valence-electron chi connectivity index (χ3n) is 2.60. The molecule has 1 aliphatic heterocycles. The third-order valence-corrected chi connectivity index (χ3v) is 2.60. The maximum atomic E-state index is 11.0. The van der Waals surface area contributed by atoms with Crippen molar-refractivity contribution in [2.24, 2.45) is 0 Å². The van der Waals surface area contributed by atoms with Crippen LogP contribution in [0.1, 0.15) is 29.8 Å². The molecule has 0 aromatic heterocycles. The van der Waals surface area contributed by atoms with Crippen LogP contribution in [0.15, 0.2) is 18.2 Å². The van der Waals surface area contributed by atoms with Crippen molar-refractivity contribution >= 4 is 12.0 Å². The molecule has 17 heavy (non-hydrogen) atoms. The van der Waals surface area contributed by atoms with E-state index < -0.39 is 5.97 Å². The van der Waals surface area contributed by atoms with Gasteiger partial charge in [-0.3, -0.25) is 0 Å². The summed E-state index contributed by atoms with van der Waals surface area (Å²) in [6.07, 6.45) is 3.76. The van der Waals surface area contributed by atoms with Crippen LogP contribution in [0.5, 0.6) is 11.5 Å². The van der Waals surface area contributed by atoms with E-state index in [-0.39, 0.29) is 11.2 Å². The normalized spacial score (nSPS) is 15.9. The predicted molar refractivity (Wildman–Crippen MR) is 63.7 cm³/mol. The monoisotopic (exact) mass is 234 g/mol. The second-order valence-electron chi connectivity index (χ2n) is 4.43. The molecule has 1 N–H and O–H groups in total. The summed E-state index contributed by atoms with van der Waals surface area (Å²) in [5.41, 5.74) is 0.504. The molecule has 0 atom stereocenters. The van der Waals surface area contributed by atoms with Gasteiger partial charge < -0.3 is 14.6 Å². The molecule has 1 aromatic rings. The number of hydrogen-bond acceptors (Lipinski definition) is 3. The van der Waals surface area contributed by atoms with Gasteiger partial charge in [0.25, 0.3) is 0 Å². The topological polar surface area (TPSA) is 55.8 Å². The Morgan fingerprint density at radius 2 is 2.12 bits per heavy atom. The molecule has 0 aliphatic carbocycles. The molecule has 0 saturated heterocycles. The zero-order chi connectivity index (χ0) is 12.6. The van der Waals surface area contributed by atoms with Crippen LogP contribution in [0.2, 0.25) is 0 Å². The molecular weight excluding hydrogens is 220 g/mol.